The Morgan fingerprint density at radius 3 is 1.63 bits per heavy atom. The van der Waals surface area contributed by atoms with Gasteiger partial charge in [-0.3, -0.25) is 24.0 Å². The molecule has 0 aliphatic heterocycles. The molecule has 4 aromatic carbocycles. The number of anilines is 3. The molecule has 244 valence electrons. The molecule has 4 aromatic rings. The first kappa shape index (κ1) is 41.4. The second-order valence-corrected chi connectivity index (χ2v) is 26.0. The van der Waals surface area contributed by atoms with Crippen LogP contribution in [0, 0.1) is 6.92 Å². The first-order chi connectivity index (χ1) is 21.4. The number of halogens is 5. The molecule has 0 saturated heterocycles. The van der Waals surface area contributed by atoms with Crippen molar-refractivity contribution in [1.29, 1.82) is 0 Å². The van der Waals surface area contributed by atoms with Crippen LogP contribution in [0.3, 0.4) is 0 Å². The van der Waals surface area contributed by atoms with Crippen LogP contribution in [0.15, 0.2) is 91.0 Å². The number of para-hydroxylation sites is 1. The Morgan fingerprint density at radius 1 is 0.630 bits per heavy atom. The molecule has 3 N–H and O–H groups in total. The summed E-state index contributed by atoms with van der Waals surface area (Å²) >= 11 is 15.7. The molecule has 0 radical (unpaired) electrons. The molecule has 0 saturated carbocycles. The van der Waals surface area contributed by atoms with Crippen LogP contribution in [-0.4, -0.2) is 35.1 Å². The van der Waals surface area contributed by atoms with E-state index in [0.717, 1.165) is 11.3 Å². The quantitative estimate of drug-likeness (QED) is 0.104. The zero-order chi connectivity index (χ0) is 33.5. The van der Waals surface area contributed by atoms with Gasteiger partial charge in [0.25, 0.3) is 22.3 Å². The number of nitrogens with one attached hydrogen (secondary N) is 3. The predicted octanol–water partition coefficient (Wildman–Crippen LogP) is 6.60. The average Bonchev–Trinajstić information content (AvgIpc) is 3.02. The number of hydrogen-bond donors (Lipinski definition) is 3. The normalized spacial score (nSPS) is 9.63. The van der Waals surface area contributed by atoms with E-state index in [-0.39, 0.29) is 36.2 Å². The van der Waals surface area contributed by atoms with Crippen molar-refractivity contribution in [2.24, 2.45) is 0 Å². The summed E-state index contributed by atoms with van der Waals surface area (Å²) in [6, 6.07) is 25.0. The first-order valence-electron chi connectivity index (χ1n) is 12.9. The van der Waals surface area contributed by atoms with Gasteiger partial charge in [-0.15, -0.1) is 0 Å². The maximum atomic E-state index is 12.8. The van der Waals surface area contributed by atoms with Gasteiger partial charge in [-0.05, 0) is 85.1 Å². The van der Waals surface area contributed by atoms with E-state index in [0.29, 0.717) is 41.3 Å². The molecule has 0 spiro atoms. The van der Waals surface area contributed by atoms with Gasteiger partial charge >= 0.3 is 50.5 Å². The number of carbonyl (C=O) groups excluding carboxylic acids is 5. The summed E-state index contributed by atoms with van der Waals surface area (Å²) in [5.41, 5.74) is 4.59. The zero-order valence-corrected chi connectivity index (χ0v) is 32.1. The Hall–Kier alpha value is -2.60. The molecule has 0 unspecified atom stereocenters. The number of ketones is 1. The van der Waals surface area contributed by atoms with Crippen LogP contribution in [0.25, 0.3) is 0 Å². The first-order valence-corrected chi connectivity index (χ1v) is 26.2. The predicted molar refractivity (Wildman–Crippen MR) is 201 cm³/mol. The van der Waals surface area contributed by atoms with Gasteiger partial charge in [-0.25, -0.2) is 0 Å². The molecule has 2 amide bonds. The number of hydrogen-bond acceptors (Lipinski definition) is 6. The van der Waals surface area contributed by atoms with Crippen molar-refractivity contribution in [3.05, 3.63) is 124 Å². The molecule has 0 heterocycles. The molecule has 46 heavy (non-hydrogen) atoms. The minimum Gasteiger partial charge on any atom is -0.276 e. The third-order valence-electron chi connectivity index (χ3n) is 5.98. The van der Waals surface area contributed by atoms with Gasteiger partial charge < -0.3 is 16.0 Å². The average molecular weight is 1000 g/mol. The Morgan fingerprint density at radius 2 is 1.11 bits per heavy atom. The SMILES string of the molecule is C.CNc1cc(NC(=O)c2cccc(C(C)=O)c2)cc(C(=O)Nc2ccccc2C)c1.I[I-]I.O=C(Cl)c1cccc(C(=O)Cl)c1. The topological polar surface area (TPSA) is 121 Å². The molecule has 13 heteroatoms. The fraction of sp³-hybridized carbons (Fsp3) is 0.121. The standard InChI is InChI=1S/C24H23N3O3.C8H4Cl2O2.CH4.I3/c1-15-7-4-5-10-22(15)27-24(30)19-12-20(25-3)14-21(13-19)26-23(29)18-9-6-8-17(11-18)16(2)28;9-7(11)5-2-1-3-6(4-5)8(10)12;;1-3-2/h4-14,25H,1-3H3,(H,26,29)(H,27,30);1-4H;1H4;/q;;;-1. The summed E-state index contributed by atoms with van der Waals surface area (Å²) in [5.74, 6) is -0.760. The maximum absolute atomic E-state index is 12.8. The van der Waals surface area contributed by atoms with Crippen LogP contribution < -0.4 is 29.2 Å². The third kappa shape index (κ3) is 13.6. The van der Waals surface area contributed by atoms with Gasteiger partial charge in [-0.1, -0.05) is 56.0 Å². The summed E-state index contributed by atoms with van der Waals surface area (Å²) in [5, 5.41) is 7.49. The van der Waals surface area contributed by atoms with Gasteiger partial charge in [0, 0.05) is 51.9 Å². The minimum absolute atomic E-state index is 0. The van der Waals surface area contributed by atoms with Crippen molar-refractivity contribution in [3.8, 4) is 0 Å². The number of carbonyl (C=O) groups is 5. The molecular formula is C33H31Cl2I3N3O5-. The summed E-state index contributed by atoms with van der Waals surface area (Å²) in [6.07, 6.45) is 0. The molecule has 0 aromatic heterocycles. The number of Topliss-reactive ketones (excluding diaryl/α,β-unsaturated/α-hetero) is 1. The van der Waals surface area contributed by atoms with E-state index in [1.807, 2.05) is 31.2 Å². The van der Waals surface area contributed by atoms with Crippen LogP contribution in [-0.2, 0) is 0 Å². The van der Waals surface area contributed by atoms with Crippen LogP contribution in [0.5, 0.6) is 0 Å². The Labute approximate surface area is 308 Å². The number of aryl methyl sites for hydroxylation is 1. The van der Waals surface area contributed by atoms with Gasteiger partial charge in [-0.2, -0.15) is 0 Å². The zero-order valence-electron chi connectivity index (χ0n) is 24.1. The number of rotatable bonds is 8. The van der Waals surface area contributed by atoms with Crippen molar-refractivity contribution in [2.45, 2.75) is 21.3 Å². The third-order valence-corrected chi connectivity index (χ3v) is 6.42. The summed E-state index contributed by atoms with van der Waals surface area (Å²) in [6.45, 7) is 3.37. The van der Waals surface area contributed by atoms with E-state index < -0.39 is 10.5 Å². The fourth-order valence-electron chi connectivity index (χ4n) is 3.73. The summed E-state index contributed by atoms with van der Waals surface area (Å²) in [7, 11) is 1.74. The Bertz CT molecular complexity index is 1670. The van der Waals surface area contributed by atoms with Gasteiger partial charge in [0.15, 0.2) is 5.78 Å². The number of benzene rings is 4. The van der Waals surface area contributed by atoms with E-state index in [1.54, 1.807) is 55.6 Å². The van der Waals surface area contributed by atoms with Crippen molar-refractivity contribution >= 4 is 106 Å². The maximum Gasteiger partial charge on any atom is 0.252 e. The van der Waals surface area contributed by atoms with Crippen LogP contribution >= 0.6 is 60.4 Å². The van der Waals surface area contributed by atoms with Crippen molar-refractivity contribution < 1.29 is 37.2 Å². The van der Waals surface area contributed by atoms with E-state index >= 15 is 0 Å². The second kappa shape index (κ2) is 21.3. The van der Waals surface area contributed by atoms with Gasteiger partial charge in [0.2, 0.25) is 0 Å². The van der Waals surface area contributed by atoms with Crippen LogP contribution in [0.2, 0.25) is 0 Å². The van der Waals surface area contributed by atoms with Crippen molar-refractivity contribution in [3.63, 3.8) is 0 Å². The van der Waals surface area contributed by atoms with Crippen LogP contribution in [0.1, 0.15) is 71.7 Å². The van der Waals surface area contributed by atoms with E-state index in [9.17, 15) is 24.0 Å². The molecular weight excluding hydrogens is 970 g/mol. The van der Waals surface area contributed by atoms with Gasteiger partial charge in [0.05, 0.1) is 0 Å². The molecule has 0 aliphatic rings. The number of amides is 2. The largest absolute Gasteiger partial charge is 0.276 e. The Kier molecular flexibility index (Phi) is 19.2. The molecule has 0 atom stereocenters. The second-order valence-electron chi connectivity index (χ2n) is 9.09. The molecule has 8 nitrogen and oxygen atoms in total. The fourth-order valence-corrected chi connectivity index (χ4v) is 3.96. The monoisotopic (exact) mass is 1000 g/mol. The van der Waals surface area contributed by atoms with E-state index in [1.165, 1.54) is 25.1 Å². The van der Waals surface area contributed by atoms with E-state index in [4.69, 9.17) is 23.2 Å². The smallest absolute Gasteiger partial charge is 0.252 e. The van der Waals surface area contributed by atoms with Crippen LogP contribution in [0.4, 0.5) is 17.1 Å². The summed E-state index contributed by atoms with van der Waals surface area (Å²) in [4.78, 5) is 58.3. The molecule has 0 bridgehead atoms. The van der Waals surface area contributed by atoms with Gasteiger partial charge in [0.1, 0.15) is 0 Å². The van der Waals surface area contributed by atoms with E-state index in [2.05, 4.69) is 53.2 Å². The van der Waals surface area contributed by atoms with Crippen molar-refractivity contribution in [2.75, 3.05) is 23.0 Å². The molecule has 0 fully saturated rings. The minimum atomic E-state index is -0.602. The Balaban J connectivity index is 0.000000552. The molecule has 0 aliphatic carbocycles. The van der Waals surface area contributed by atoms with Crippen molar-refractivity contribution in [1.82, 2.24) is 0 Å². The molecule has 4 rings (SSSR count). The summed E-state index contributed by atoms with van der Waals surface area (Å²) < 4.78 is 0.